The average Bonchev–Trinajstić information content (AvgIpc) is 2.98. The molecule has 0 amide bonds. The molecule has 0 saturated heterocycles. The lowest BCUT2D eigenvalue weighted by Gasteiger charge is -2.12. The Hall–Kier alpha value is -2.65. The van der Waals surface area contributed by atoms with Gasteiger partial charge in [-0.25, -0.2) is 0 Å². The van der Waals surface area contributed by atoms with Crippen LogP contribution in [0.5, 0.6) is 0 Å². The van der Waals surface area contributed by atoms with Gasteiger partial charge in [0.25, 0.3) is 0 Å². The van der Waals surface area contributed by atoms with Gasteiger partial charge in [-0.05, 0) is 23.8 Å². The lowest BCUT2D eigenvalue weighted by Crippen LogP contribution is -2.00. The molecule has 2 aromatic carbocycles. The molecule has 4 rings (SSSR count). The lowest BCUT2D eigenvalue weighted by molar-refractivity contribution is 0.222. The van der Waals surface area contributed by atoms with Crippen molar-refractivity contribution in [3.05, 3.63) is 78.2 Å². The Labute approximate surface area is 121 Å². The highest BCUT2D eigenvalue weighted by Crippen LogP contribution is 2.33. The molecule has 3 heteroatoms. The average molecular weight is 275 g/mol. The molecule has 4 aromatic rings. The number of fused-ring (bicyclic) bond motifs is 2. The minimum absolute atomic E-state index is 0.735. The molecule has 0 radical (unpaired) electrons. The van der Waals surface area contributed by atoms with Crippen LogP contribution >= 0.6 is 0 Å². The van der Waals surface area contributed by atoms with Crippen molar-refractivity contribution in [2.45, 2.75) is 6.10 Å². The Morgan fingerprint density at radius 1 is 0.857 bits per heavy atom. The molecule has 0 aliphatic carbocycles. The van der Waals surface area contributed by atoms with Crippen LogP contribution in [0.15, 0.2) is 71.5 Å². The highest BCUT2D eigenvalue weighted by Gasteiger charge is 2.18. The van der Waals surface area contributed by atoms with Gasteiger partial charge < -0.3 is 9.52 Å². The lowest BCUT2D eigenvalue weighted by atomic mass is 9.97. The fraction of sp³-hybridized carbons (Fsp3) is 0.0556. The quantitative estimate of drug-likeness (QED) is 0.600. The van der Waals surface area contributed by atoms with Crippen molar-refractivity contribution in [1.29, 1.82) is 0 Å². The molecular formula is C18H13NO2. The van der Waals surface area contributed by atoms with Gasteiger partial charge >= 0.3 is 0 Å². The monoisotopic (exact) mass is 275 g/mol. The van der Waals surface area contributed by atoms with Crippen LogP contribution in [0, 0.1) is 0 Å². The summed E-state index contributed by atoms with van der Waals surface area (Å²) in [5.41, 5.74) is 3.28. The first kappa shape index (κ1) is 12.1. The highest BCUT2D eigenvalue weighted by molar-refractivity contribution is 5.86. The van der Waals surface area contributed by atoms with E-state index in [4.69, 9.17) is 4.42 Å². The number of nitrogens with zero attached hydrogens (tertiary/aromatic N) is 1. The van der Waals surface area contributed by atoms with Crippen LogP contribution in [0.3, 0.4) is 0 Å². The third kappa shape index (κ3) is 1.90. The van der Waals surface area contributed by atoms with Gasteiger partial charge in [0, 0.05) is 22.5 Å². The van der Waals surface area contributed by atoms with E-state index in [0.717, 1.165) is 33.0 Å². The van der Waals surface area contributed by atoms with Gasteiger partial charge in [-0.15, -0.1) is 0 Å². The number of hydrogen-bond acceptors (Lipinski definition) is 3. The number of hydrogen-bond donors (Lipinski definition) is 1. The van der Waals surface area contributed by atoms with E-state index >= 15 is 0 Å². The molecule has 1 atom stereocenters. The van der Waals surface area contributed by atoms with E-state index in [2.05, 4.69) is 4.98 Å². The second-order valence-electron chi connectivity index (χ2n) is 5.01. The second-order valence-corrected chi connectivity index (χ2v) is 5.01. The third-order valence-electron chi connectivity index (χ3n) is 3.78. The van der Waals surface area contributed by atoms with Crippen LogP contribution in [0.4, 0.5) is 0 Å². The van der Waals surface area contributed by atoms with Gasteiger partial charge in [0.1, 0.15) is 11.7 Å². The zero-order valence-corrected chi connectivity index (χ0v) is 11.2. The number of benzene rings is 2. The van der Waals surface area contributed by atoms with Gasteiger partial charge in [0.15, 0.2) is 0 Å². The van der Waals surface area contributed by atoms with Gasteiger partial charge in [-0.1, -0.05) is 36.4 Å². The molecular weight excluding hydrogens is 262 g/mol. The van der Waals surface area contributed by atoms with Crippen LogP contribution in [-0.4, -0.2) is 10.1 Å². The third-order valence-corrected chi connectivity index (χ3v) is 3.78. The molecule has 0 saturated carbocycles. The smallest absolute Gasteiger partial charge is 0.134 e. The van der Waals surface area contributed by atoms with Crippen molar-refractivity contribution < 1.29 is 9.52 Å². The standard InChI is InChI=1S/C18H13NO2/c20-18(15-11-21-17-9-2-1-5-13(15)17)14-6-3-8-16-12(14)7-4-10-19-16/h1-11,18,20H. The molecule has 0 bridgehead atoms. The molecule has 102 valence electrons. The predicted octanol–water partition coefficient (Wildman–Crippen LogP) is 4.06. The maximum absolute atomic E-state index is 10.8. The SMILES string of the molecule is OC(c1cccc2ncccc12)c1coc2ccccc12. The molecule has 1 N–H and O–H groups in total. The van der Waals surface area contributed by atoms with Crippen molar-refractivity contribution >= 4 is 21.9 Å². The first-order chi connectivity index (χ1) is 10.3. The normalized spacial score (nSPS) is 12.8. The molecule has 3 nitrogen and oxygen atoms in total. The van der Waals surface area contributed by atoms with E-state index in [9.17, 15) is 5.11 Å². The Bertz CT molecular complexity index is 921. The predicted molar refractivity (Wildman–Crippen MR) is 82.0 cm³/mol. The van der Waals surface area contributed by atoms with Gasteiger partial charge in [0.05, 0.1) is 11.8 Å². The number of para-hydroxylation sites is 1. The van der Waals surface area contributed by atoms with E-state index in [-0.39, 0.29) is 0 Å². The summed E-state index contributed by atoms with van der Waals surface area (Å²) in [5.74, 6) is 0. The fourth-order valence-electron chi connectivity index (χ4n) is 2.74. The first-order valence-corrected chi connectivity index (χ1v) is 6.82. The van der Waals surface area contributed by atoms with Crippen LogP contribution < -0.4 is 0 Å². The van der Waals surface area contributed by atoms with Crippen molar-refractivity contribution in [3.63, 3.8) is 0 Å². The molecule has 2 heterocycles. The summed E-state index contributed by atoms with van der Waals surface area (Å²) in [5, 5.41) is 12.7. The van der Waals surface area contributed by atoms with Gasteiger partial charge in [-0.3, -0.25) is 4.98 Å². The van der Waals surface area contributed by atoms with Crippen molar-refractivity contribution in [2.24, 2.45) is 0 Å². The summed E-state index contributed by atoms with van der Waals surface area (Å²) >= 11 is 0. The molecule has 2 aromatic heterocycles. The number of furan rings is 1. The van der Waals surface area contributed by atoms with E-state index in [0.29, 0.717) is 0 Å². The summed E-state index contributed by atoms with van der Waals surface area (Å²) in [7, 11) is 0. The van der Waals surface area contributed by atoms with Gasteiger partial charge in [-0.2, -0.15) is 0 Å². The van der Waals surface area contributed by atoms with E-state index in [1.54, 1.807) is 12.5 Å². The largest absolute Gasteiger partial charge is 0.464 e. The molecule has 0 fully saturated rings. The van der Waals surface area contributed by atoms with Crippen molar-refractivity contribution in [1.82, 2.24) is 4.98 Å². The number of pyridine rings is 1. The second kappa shape index (κ2) is 4.72. The number of aliphatic hydroxyl groups is 1. The van der Waals surface area contributed by atoms with Crippen LogP contribution in [-0.2, 0) is 0 Å². The summed E-state index contributed by atoms with van der Waals surface area (Å²) in [6.07, 6.45) is 2.65. The Morgan fingerprint density at radius 2 is 1.71 bits per heavy atom. The zero-order valence-electron chi connectivity index (χ0n) is 11.2. The summed E-state index contributed by atoms with van der Waals surface area (Å²) in [6, 6.07) is 17.4. The molecule has 0 aliphatic rings. The van der Waals surface area contributed by atoms with Crippen LogP contribution in [0.2, 0.25) is 0 Å². The number of rotatable bonds is 2. The summed E-state index contributed by atoms with van der Waals surface area (Å²) in [4.78, 5) is 4.33. The van der Waals surface area contributed by atoms with Crippen LogP contribution in [0.1, 0.15) is 17.2 Å². The summed E-state index contributed by atoms with van der Waals surface area (Å²) < 4.78 is 5.53. The maximum atomic E-state index is 10.8. The first-order valence-electron chi connectivity index (χ1n) is 6.82. The Kier molecular flexibility index (Phi) is 2.72. The van der Waals surface area contributed by atoms with E-state index in [1.165, 1.54) is 0 Å². The number of aliphatic hydroxyl groups excluding tert-OH is 1. The maximum Gasteiger partial charge on any atom is 0.134 e. The van der Waals surface area contributed by atoms with Crippen LogP contribution in [0.25, 0.3) is 21.9 Å². The van der Waals surface area contributed by atoms with Crippen molar-refractivity contribution in [3.8, 4) is 0 Å². The Balaban J connectivity index is 1.92. The Morgan fingerprint density at radius 3 is 2.67 bits per heavy atom. The fourth-order valence-corrected chi connectivity index (χ4v) is 2.74. The minimum Gasteiger partial charge on any atom is -0.464 e. The van der Waals surface area contributed by atoms with Crippen molar-refractivity contribution in [2.75, 3.05) is 0 Å². The van der Waals surface area contributed by atoms with E-state index in [1.807, 2.05) is 54.6 Å². The molecule has 21 heavy (non-hydrogen) atoms. The molecule has 0 aliphatic heterocycles. The molecule has 0 spiro atoms. The summed E-state index contributed by atoms with van der Waals surface area (Å²) in [6.45, 7) is 0. The number of aromatic nitrogens is 1. The molecule has 1 unspecified atom stereocenters. The van der Waals surface area contributed by atoms with Gasteiger partial charge in [0.2, 0.25) is 0 Å². The topological polar surface area (TPSA) is 46.3 Å². The minimum atomic E-state index is -0.735. The highest BCUT2D eigenvalue weighted by atomic mass is 16.3. The van der Waals surface area contributed by atoms with E-state index < -0.39 is 6.10 Å². The zero-order chi connectivity index (χ0) is 14.2.